The van der Waals surface area contributed by atoms with Crippen molar-refractivity contribution in [2.24, 2.45) is 0 Å². The molecule has 4 nitrogen and oxygen atoms in total. The quantitative estimate of drug-likeness (QED) is 0.905. The predicted octanol–water partition coefficient (Wildman–Crippen LogP) is 2.23. The minimum atomic E-state index is -0.536. The monoisotopic (exact) mass is 260 g/mol. The highest BCUT2D eigenvalue weighted by Crippen LogP contribution is 2.29. The van der Waals surface area contributed by atoms with Gasteiger partial charge in [0, 0.05) is 24.3 Å². The number of hydrogen-bond acceptors (Lipinski definition) is 4. The van der Waals surface area contributed by atoms with Crippen LogP contribution in [-0.2, 0) is 4.74 Å². The van der Waals surface area contributed by atoms with E-state index in [4.69, 9.17) is 10.00 Å². The van der Waals surface area contributed by atoms with E-state index in [1.165, 1.54) is 0 Å². The second-order valence-corrected chi connectivity index (χ2v) is 4.91. The molecule has 0 radical (unpaired) electrons. The zero-order valence-corrected chi connectivity index (χ0v) is 11.5. The Morgan fingerprint density at radius 3 is 3.00 bits per heavy atom. The van der Waals surface area contributed by atoms with Crippen LogP contribution in [0.3, 0.4) is 0 Å². The maximum absolute atomic E-state index is 9.88. The fourth-order valence-electron chi connectivity index (χ4n) is 2.43. The van der Waals surface area contributed by atoms with E-state index in [2.05, 4.69) is 17.9 Å². The number of nitrogens with zero attached hydrogens (tertiary/aromatic N) is 2. The van der Waals surface area contributed by atoms with Crippen LogP contribution in [0.15, 0.2) is 18.2 Å². The summed E-state index contributed by atoms with van der Waals surface area (Å²) in [6, 6.07) is 7.61. The Morgan fingerprint density at radius 2 is 2.37 bits per heavy atom. The van der Waals surface area contributed by atoms with E-state index in [0.29, 0.717) is 12.2 Å². The van der Waals surface area contributed by atoms with Crippen LogP contribution in [0.2, 0.25) is 0 Å². The molecule has 0 amide bonds. The molecule has 1 heterocycles. The summed E-state index contributed by atoms with van der Waals surface area (Å²) in [4.78, 5) is 2.21. The SMILES string of the molecule is CCC1CN(c2cc(C#N)ccc2[C@@H](C)O)CCO1. The molecule has 1 fully saturated rings. The number of morpholine rings is 1. The average Bonchev–Trinajstić information content (AvgIpc) is 2.46. The highest BCUT2D eigenvalue weighted by Gasteiger charge is 2.22. The maximum atomic E-state index is 9.88. The second kappa shape index (κ2) is 6.05. The zero-order chi connectivity index (χ0) is 13.8. The van der Waals surface area contributed by atoms with Crippen LogP contribution < -0.4 is 4.90 Å². The van der Waals surface area contributed by atoms with Crippen LogP contribution in [0, 0.1) is 11.3 Å². The molecule has 2 atom stereocenters. The normalized spacial score (nSPS) is 20.9. The third-order valence-corrected chi connectivity index (χ3v) is 3.54. The lowest BCUT2D eigenvalue weighted by atomic mass is 10.0. The fourth-order valence-corrected chi connectivity index (χ4v) is 2.43. The highest BCUT2D eigenvalue weighted by molar-refractivity contribution is 5.58. The van der Waals surface area contributed by atoms with E-state index in [9.17, 15) is 5.11 Å². The summed E-state index contributed by atoms with van der Waals surface area (Å²) in [7, 11) is 0. The molecule has 0 spiro atoms. The van der Waals surface area contributed by atoms with Crippen LogP contribution in [0.4, 0.5) is 5.69 Å². The van der Waals surface area contributed by atoms with Gasteiger partial charge >= 0.3 is 0 Å². The van der Waals surface area contributed by atoms with Crippen molar-refractivity contribution < 1.29 is 9.84 Å². The first-order chi connectivity index (χ1) is 9.15. The Labute approximate surface area is 114 Å². The first-order valence-electron chi connectivity index (χ1n) is 6.74. The maximum Gasteiger partial charge on any atom is 0.0992 e. The van der Waals surface area contributed by atoms with Gasteiger partial charge in [-0.3, -0.25) is 0 Å². The van der Waals surface area contributed by atoms with Gasteiger partial charge in [0.15, 0.2) is 0 Å². The van der Waals surface area contributed by atoms with Crippen LogP contribution in [-0.4, -0.2) is 30.9 Å². The topological polar surface area (TPSA) is 56.5 Å². The van der Waals surface area contributed by atoms with E-state index in [1.54, 1.807) is 13.0 Å². The molecule has 102 valence electrons. The number of anilines is 1. The molecule has 1 saturated heterocycles. The Balaban J connectivity index is 2.33. The van der Waals surface area contributed by atoms with E-state index < -0.39 is 6.10 Å². The summed E-state index contributed by atoms with van der Waals surface area (Å²) in [6.45, 7) is 6.16. The number of rotatable bonds is 3. The van der Waals surface area contributed by atoms with E-state index in [1.807, 2.05) is 12.1 Å². The zero-order valence-electron chi connectivity index (χ0n) is 11.5. The molecule has 1 N–H and O–H groups in total. The minimum Gasteiger partial charge on any atom is -0.389 e. The van der Waals surface area contributed by atoms with E-state index >= 15 is 0 Å². The van der Waals surface area contributed by atoms with Crippen molar-refractivity contribution in [1.82, 2.24) is 0 Å². The summed E-state index contributed by atoms with van der Waals surface area (Å²) in [5.74, 6) is 0. The van der Waals surface area contributed by atoms with Crippen molar-refractivity contribution in [1.29, 1.82) is 5.26 Å². The van der Waals surface area contributed by atoms with Crippen molar-refractivity contribution in [2.45, 2.75) is 32.5 Å². The van der Waals surface area contributed by atoms with Gasteiger partial charge in [-0.05, 0) is 25.5 Å². The lowest BCUT2D eigenvalue weighted by Gasteiger charge is -2.35. The number of aliphatic hydroxyl groups excluding tert-OH is 1. The van der Waals surface area contributed by atoms with Crippen molar-refractivity contribution >= 4 is 5.69 Å². The molecule has 4 heteroatoms. The van der Waals surface area contributed by atoms with Gasteiger partial charge in [0.1, 0.15) is 0 Å². The third kappa shape index (κ3) is 3.06. The van der Waals surface area contributed by atoms with Crippen LogP contribution in [0.25, 0.3) is 0 Å². The van der Waals surface area contributed by atoms with Crippen LogP contribution in [0.5, 0.6) is 0 Å². The van der Waals surface area contributed by atoms with Gasteiger partial charge in [-0.15, -0.1) is 0 Å². The van der Waals surface area contributed by atoms with Gasteiger partial charge in [0.05, 0.1) is 30.4 Å². The molecule has 1 aliphatic rings. The van der Waals surface area contributed by atoms with Gasteiger partial charge in [-0.25, -0.2) is 0 Å². The van der Waals surface area contributed by atoms with E-state index in [0.717, 1.165) is 30.8 Å². The molecule has 1 unspecified atom stereocenters. The minimum absolute atomic E-state index is 0.223. The molecular formula is C15H20N2O2. The lowest BCUT2D eigenvalue weighted by Crippen LogP contribution is -2.42. The van der Waals surface area contributed by atoms with Gasteiger partial charge in [0.2, 0.25) is 0 Å². The molecule has 1 aliphatic heterocycles. The highest BCUT2D eigenvalue weighted by atomic mass is 16.5. The summed E-state index contributed by atoms with van der Waals surface area (Å²) < 4.78 is 5.67. The number of hydrogen-bond donors (Lipinski definition) is 1. The van der Waals surface area contributed by atoms with Crippen molar-refractivity contribution in [3.8, 4) is 6.07 Å². The Hall–Kier alpha value is -1.57. The van der Waals surface area contributed by atoms with Crippen molar-refractivity contribution in [3.63, 3.8) is 0 Å². The molecule has 0 aliphatic carbocycles. The van der Waals surface area contributed by atoms with Gasteiger partial charge < -0.3 is 14.7 Å². The van der Waals surface area contributed by atoms with Gasteiger partial charge in [-0.1, -0.05) is 13.0 Å². The van der Waals surface area contributed by atoms with Crippen molar-refractivity contribution in [2.75, 3.05) is 24.6 Å². The Bertz CT molecular complexity index is 480. The number of nitriles is 1. The lowest BCUT2D eigenvalue weighted by molar-refractivity contribution is 0.0382. The number of ether oxygens (including phenoxy) is 1. The molecular weight excluding hydrogens is 240 g/mol. The molecule has 0 aromatic heterocycles. The molecule has 0 bridgehead atoms. The van der Waals surface area contributed by atoms with Gasteiger partial charge in [0.25, 0.3) is 0 Å². The number of aliphatic hydroxyl groups is 1. The smallest absolute Gasteiger partial charge is 0.0992 e. The van der Waals surface area contributed by atoms with Crippen molar-refractivity contribution in [3.05, 3.63) is 29.3 Å². The largest absolute Gasteiger partial charge is 0.389 e. The van der Waals surface area contributed by atoms with E-state index in [-0.39, 0.29) is 6.10 Å². The fraction of sp³-hybridized carbons (Fsp3) is 0.533. The summed E-state index contributed by atoms with van der Waals surface area (Å²) in [6.07, 6.45) is 0.658. The van der Waals surface area contributed by atoms with Gasteiger partial charge in [-0.2, -0.15) is 5.26 Å². The molecule has 0 saturated carbocycles. The first kappa shape index (κ1) is 13.9. The second-order valence-electron chi connectivity index (χ2n) is 4.91. The molecule has 1 aromatic rings. The molecule has 2 rings (SSSR count). The summed E-state index contributed by atoms with van der Waals surface area (Å²) >= 11 is 0. The average molecular weight is 260 g/mol. The Morgan fingerprint density at radius 1 is 1.58 bits per heavy atom. The first-order valence-corrected chi connectivity index (χ1v) is 6.74. The summed E-state index contributed by atoms with van der Waals surface area (Å²) in [5.41, 5.74) is 2.45. The summed E-state index contributed by atoms with van der Waals surface area (Å²) in [5, 5.41) is 18.9. The predicted molar refractivity (Wildman–Crippen MR) is 74.0 cm³/mol. The number of benzene rings is 1. The third-order valence-electron chi connectivity index (χ3n) is 3.54. The Kier molecular flexibility index (Phi) is 4.41. The van der Waals surface area contributed by atoms with Crippen LogP contribution >= 0.6 is 0 Å². The standard InChI is InChI=1S/C15H20N2O2/c1-3-13-10-17(6-7-19-13)15-8-12(9-16)4-5-14(15)11(2)18/h4-5,8,11,13,18H,3,6-7,10H2,1-2H3/t11-,13?/m1/s1. The van der Waals surface area contributed by atoms with Crippen LogP contribution in [0.1, 0.15) is 37.5 Å². The molecule has 1 aromatic carbocycles. The molecule has 19 heavy (non-hydrogen) atoms.